The van der Waals surface area contributed by atoms with Gasteiger partial charge in [-0.2, -0.15) is 0 Å². The summed E-state index contributed by atoms with van der Waals surface area (Å²) in [5, 5.41) is 12.1. The summed E-state index contributed by atoms with van der Waals surface area (Å²) < 4.78 is 0. The molecule has 5 heteroatoms. The Kier molecular flexibility index (Phi) is 3.85. The van der Waals surface area contributed by atoms with Gasteiger partial charge in [0.25, 0.3) is 0 Å². The third-order valence-corrected chi connectivity index (χ3v) is 1.86. The number of nitrogens with two attached hydrogens (primary N) is 1. The summed E-state index contributed by atoms with van der Waals surface area (Å²) >= 11 is 0. The molecular formula is C10H18N4O. The van der Waals surface area contributed by atoms with Crippen LogP contribution >= 0.6 is 0 Å². The molecule has 5 nitrogen and oxygen atoms in total. The van der Waals surface area contributed by atoms with Crippen molar-refractivity contribution >= 4 is 11.6 Å². The summed E-state index contributed by atoms with van der Waals surface area (Å²) in [5.74, 6) is 2.05. The van der Waals surface area contributed by atoms with E-state index in [1.165, 1.54) is 0 Å². The van der Waals surface area contributed by atoms with Crippen molar-refractivity contribution in [3.63, 3.8) is 0 Å². The monoisotopic (exact) mass is 210 g/mol. The van der Waals surface area contributed by atoms with Crippen molar-refractivity contribution in [2.75, 3.05) is 17.6 Å². The van der Waals surface area contributed by atoms with Crippen LogP contribution in [0.1, 0.15) is 32.5 Å². The molecule has 0 spiro atoms. The highest BCUT2D eigenvalue weighted by atomic mass is 16.3. The second-order valence-corrected chi connectivity index (χ2v) is 3.92. The molecule has 1 atom stereocenters. The van der Waals surface area contributed by atoms with Gasteiger partial charge < -0.3 is 16.2 Å². The average molecular weight is 210 g/mol. The van der Waals surface area contributed by atoms with Crippen LogP contribution in [0.4, 0.5) is 11.6 Å². The lowest BCUT2D eigenvalue weighted by molar-refractivity contribution is 0.208. The summed E-state index contributed by atoms with van der Waals surface area (Å²) in [4.78, 5) is 8.42. The van der Waals surface area contributed by atoms with E-state index in [0.29, 0.717) is 24.0 Å². The number of rotatable bonds is 4. The van der Waals surface area contributed by atoms with Gasteiger partial charge in [0.05, 0.1) is 6.10 Å². The molecule has 84 valence electrons. The van der Waals surface area contributed by atoms with Gasteiger partial charge in [-0.3, -0.25) is 0 Å². The number of nitrogen functional groups attached to an aromatic ring is 1. The normalized spacial score (nSPS) is 12.9. The first-order valence-electron chi connectivity index (χ1n) is 5.05. The van der Waals surface area contributed by atoms with Crippen LogP contribution in [-0.4, -0.2) is 27.7 Å². The van der Waals surface area contributed by atoms with Crippen LogP contribution in [0.2, 0.25) is 0 Å². The van der Waals surface area contributed by atoms with Gasteiger partial charge in [-0.1, -0.05) is 13.8 Å². The Morgan fingerprint density at radius 2 is 2.07 bits per heavy atom. The van der Waals surface area contributed by atoms with Crippen LogP contribution in [0.5, 0.6) is 0 Å². The molecule has 4 N–H and O–H groups in total. The lowest BCUT2D eigenvalue weighted by Crippen LogP contribution is -2.17. The second-order valence-electron chi connectivity index (χ2n) is 3.92. The van der Waals surface area contributed by atoms with Crippen LogP contribution in [0, 0.1) is 0 Å². The highest BCUT2D eigenvalue weighted by molar-refractivity contribution is 5.44. The minimum atomic E-state index is -0.413. The molecule has 0 fully saturated rings. The maximum Gasteiger partial charge on any atom is 0.135 e. The van der Waals surface area contributed by atoms with Gasteiger partial charge in [-0.25, -0.2) is 9.97 Å². The van der Waals surface area contributed by atoms with Gasteiger partial charge >= 0.3 is 0 Å². The van der Waals surface area contributed by atoms with Gasteiger partial charge in [0.1, 0.15) is 17.5 Å². The van der Waals surface area contributed by atoms with E-state index in [-0.39, 0.29) is 5.92 Å². The molecule has 1 aromatic rings. The highest BCUT2D eigenvalue weighted by Gasteiger charge is 2.06. The molecule has 0 amide bonds. The van der Waals surface area contributed by atoms with Crippen molar-refractivity contribution in [2.24, 2.45) is 0 Å². The molecule has 0 bridgehead atoms. The summed E-state index contributed by atoms with van der Waals surface area (Å²) in [7, 11) is 0. The van der Waals surface area contributed by atoms with E-state index < -0.39 is 6.10 Å². The number of hydrogen-bond acceptors (Lipinski definition) is 5. The predicted octanol–water partition coefficient (Wildman–Crippen LogP) is 0.975. The lowest BCUT2D eigenvalue weighted by atomic mass is 10.2. The van der Waals surface area contributed by atoms with Crippen molar-refractivity contribution in [1.29, 1.82) is 0 Å². The van der Waals surface area contributed by atoms with Gasteiger partial charge in [-0.15, -0.1) is 0 Å². The molecule has 0 aliphatic carbocycles. The number of nitrogens with zero attached hydrogens (tertiary/aromatic N) is 2. The average Bonchev–Trinajstić information content (AvgIpc) is 2.13. The van der Waals surface area contributed by atoms with Crippen LogP contribution in [0.25, 0.3) is 0 Å². The van der Waals surface area contributed by atoms with E-state index >= 15 is 0 Å². The Hall–Kier alpha value is -1.36. The number of hydrogen-bond donors (Lipinski definition) is 3. The smallest absolute Gasteiger partial charge is 0.135 e. The van der Waals surface area contributed by atoms with E-state index in [1.807, 2.05) is 13.8 Å². The fourth-order valence-electron chi connectivity index (χ4n) is 1.09. The Bertz CT molecular complexity index is 325. The molecule has 0 aliphatic rings. The quantitative estimate of drug-likeness (QED) is 0.689. The molecule has 15 heavy (non-hydrogen) atoms. The first-order chi connectivity index (χ1) is 6.99. The van der Waals surface area contributed by atoms with Crippen molar-refractivity contribution in [3.8, 4) is 0 Å². The summed E-state index contributed by atoms with van der Waals surface area (Å²) in [6.45, 7) is 6.18. The molecule has 0 saturated heterocycles. The largest absolute Gasteiger partial charge is 0.392 e. The van der Waals surface area contributed by atoms with Crippen LogP contribution in [0.3, 0.4) is 0 Å². The van der Waals surface area contributed by atoms with Crippen molar-refractivity contribution in [1.82, 2.24) is 9.97 Å². The molecule has 1 unspecified atom stereocenters. The van der Waals surface area contributed by atoms with E-state index in [9.17, 15) is 0 Å². The third-order valence-electron chi connectivity index (χ3n) is 1.86. The zero-order valence-corrected chi connectivity index (χ0v) is 9.36. The number of aliphatic hydroxyl groups excluding tert-OH is 1. The highest BCUT2D eigenvalue weighted by Crippen LogP contribution is 2.14. The Morgan fingerprint density at radius 1 is 1.40 bits per heavy atom. The van der Waals surface area contributed by atoms with E-state index in [0.717, 1.165) is 0 Å². The Labute approximate surface area is 89.7 Å². The van der Waals surface area contributed by atoms with Crippen LogP contribution in [0.15, 0.2) is 6.07 Å². The van der Waals surface area contributed by atoms with Gasteiger partial charge in [-0.05, 0) is 6.92 Å². The molecule has 1 aromatic heterocycles. The minimum absolute atomic E-state index is 0.237. The zero-order valence-electron chi connectivity index (χ0n) is 9.36. The minimum Gasteiger partial charge on any atom is -0.392 e. The SMILES string of the molecule is CC(O)CNc1cc(N)nc(C(C)C)n1. The summed E-state index contributed by atoms with van der Waals surface area (Å²) in [6, 6.07) is 1.66. The fourth-order valence-corrected chi connectivity index (χ4v) is 1.09. The summed E-state index contributed by atoms with van der Waals surface area (Å²) in [6.07, 6.45) is -0.413. The number of aliphatic hydroxyl groups is 1. The number of anilines is 2. The predicted molar refractivity (Wildman–Crippen MR) is 60.7 cm³/mol. The standard InChI is InChI=1S/C10H18N4O/c1-6(2)10-13-8(11)4-9(14-10)12-5-7(3)15/h4,6-7,15H,5H2,1-3H3,(H3,11,12,13,14). The van der Waals surface area contributed by atoms with E-state index in [4.69, 9.17) is 10.8 Å². The molecule has 0 aromatic carbocycles. The van der Waals surface area contributed by atoms with Gasteiger partial charge in [0.15, 0.2) is 0 Å². The first-order valence-corrected chi connectivity index (χ1v) is 5.05. The van der Waals surface area contributed by atoms with Gasteiger partial charge in [0.2, 0.25) is 0 Å². The van der Waals surface area contributed by atoms with E-state index in [2.05, 4.69) is 15.3 Å². The third kappa shape index (κ3) is 3.71. The topological polar surface area (TPSA) is 84.1 Å². The first kappa shape index (κ1) is 11.7. The van der Waals surface area contributed by atoms with Crippen molar-refractivity contribution in [2.45, 2.75) is 32.8 Å². The van der Waals surface area contributed by atoms with E-state index in [1.54, 1.807) is 13.0 Å². The van der Waals surface area contributed by atoms with Gasteiger partial charge in [0, 0.05) is 18.5 Å². The molecule has 0 radical (unpaired) electrons. The molecule has 0 aliphatic heterocycles. The Morgan fingerprint density at radius 3 is 2.60 bits per heavy atom. The maximum atomic E-state index is 9.12. The molecule has 1 rings (SSSR count). The fraction of sp³-hybridized carbons (Fsp3) is 0.600. The second kappa shape index (κ2) is 4.93. The molecule has 1 heterocycles. The van der Waals surface area contributed by atoms with Crippen LogP contribution in [-0.2, 0) is 0 Å². The number of aromatic nitrogens is 2. The van der Waals surface area contributed by atoms with Crippen LogP contribution < -0.4 is 11.1 Å². The number of nitrogens with one attached hydrogen (secondary N) is 1. The lowest BCUT2D eigenvalue weighted by Gasteiger charge is -2.10. The Balaban J connectivity index is 2.79. The molecule has 0 saturated carbocycles. The molecular weight excluding hydrogens is 192 g/mol. The van der Waals surface area contributed by atoms with Crippen molar-refractivity contribution in [3.05, 3.63) is 11.9 Å². The van der Waals surface area contributed by atoms with Crippen molar-refractivity contribution < 1.29 is 5.11 Å². The summed E-state index contributed by atoms with van der Waals surface area (Å²) in [5.41, 5.74) is 5.65. The maximum absolute atomic E-state index is 9.12. The zero-order chi connectivity index (χ0) is 11.4.